The summed E-state index contributed by atoms with van der Waals surface area (Å²) >= 11 is 0. The number of ether oxygens (including phenoxy) is 3. The number of anilines is 1. The summed E-state index contributed by atoms with van der Waals surface area (Å²) < 4.78 is 71.0. The Kier molecular flexibility index (Phi) is 6.79. The average molecular weight is 479 g/mol. The van der Waals surface area contributed by atoms with Crippen LogP contribution in [-0.2, 0) is 17.5 Å². The van der Waals surface area contributed by atoms with E-state index in [0.717, 1.165) is 12.8 Å². The van der Waals surface area contributed by atoms with Gasteiger partial charge in [0.25, 0.3) is 0 Å². The molecule has 4 rings (SSSR count). The zero-order valence-corrected chi connectivity index (χ0v) is 19.0. The summed E-state index contributed by atoms with van der Waals surface area (Å²) in [5.41, 5.74) is -0.885. The predicted octanol–water partition coefficient (Wildman–Crippen LogP) is 5.66. The van der Waals surface area contributed by atoms with Gasteiger partial charge in [-0.1, -0.05) is 12.1 Å². The van der Waals surface area contributed by atoms with Gasteiger partial charge >= 0.3 is 6.18 Å². The van der Waals surface area contributed by atoms with Crippen molar-refractivity contribution in [2.45, 2.75) is 51.6 Å². The third-order valence-electron chi connectivity index (χ3n) is 5.72. The Bertz CT molecular complexity index is 1180. The van der Waals surface area contributed by atoms with Crippen LogP contribution in [-0.4, -0.2) is 35.9 Å². The largest absolute Gasteiger partial charge is 0.493 e. The lowest BCUT2D eigenvalue weighted by molar-refractivity contribution is -0.140. The van der Waals surface area contributed by atoms with Gasteiger partial charge in [-0.25, -0.2) is 14.4 Å². The number of rotatable bonds is 7. The van der Waals surface area contributed by atoms with Crippen molar-refractivity contribution in [1.29, 1.82) is 0 Å². The van der Waals surface area contributed by atoms with Crippen molar-refractivity contribution in [2.75, 3.05) is 19.0 Å². The molecule has 0 radical (unpaired) electrons. The number of halogens is 4. The molecule has 0 aliphatic carbocycles. The maximum atomic E-state index is 14.5. The molecule has 0 amide bonds. The van der Waals surface area contributed by atoms with Crippen molar-refractivity contribution in [1.82, 2.24) is 9.97 Å². The number of aromatic nitrogens is 2. The van der Waals surface area contributed by atoms with Crippen LogP contribution in [0.15, 0.2) is 30.3 Å². The summed E-state index contributed by atoms with van der Waals surface area (Å²) in [6, 6.07) is 6.61. The molecule has 10 heteroatoms. The fourth-order valence-electron chi connectivity index (χ4n) is 4.00. The minimum atomic E-state index is -4.78. The van der Waals surface area contributed by atoms with E-state index in [1.165, 1.54) is 19.2 Å². The van der Waals surface area contributed by atoms with Gasteiger partial charge in [0, 0.05) is 30.2 Å². The summed E-state index contributed by atoms with van der Waals surface area (Å²) in [6.45, 7) is 4.10. The lowest BCUT2D eigenvalue weighted by atomic mass is 10.1. The van der Waals surface area contributed by atoms with Gasteiger partial charge in [-0.05, 0) is 38.8 Å². The third kappa shape index (κ3) is 5.01. The lowest BCUT2D eigenvalue weighted by Gasteiger charge is -2.22. The maximum absolute atomic E-state index is 14.5. The second-order valence-corrected chi connectivity index (χ2v) is 8.14. The monoisotopic (exact) mass is 479 g/mol. The molecule has 1 aliphatic heterocycles. The van der Waals surface area contributed by atoms with Crippen LogP contribution in [0.1, 0.15) is 36.7 Å². The molecule has 2 heterocycles. The molecular formula is C24H25F4N3O3. The van der Waals surface area contributed by atoms with Crippen LogP contribution in [0.4, 0.5) is 23.4 Å². The maximum Gasteiger partial charge on any atom is 0.419 e. The topological polar surface area (TPSA) is 65.5 Å². The number of methoxy groups -OCH3 is 1. The van der Waals surface area contributed by atoms with Gasteiger partial charge < -0.3 is 19.5 Å². The number of aryl methyl sites for hydroxylation is 1. The number of fused-ring (bicyclic) bond motifs is 1. The average Bonchev–Trinajstić information content (AvgIpc) is 3.32. The molecular weight excluding hydrogens is 454 g/mol. The molecule has 3 aromatic rings. The van der Waals surface area contributed by atoms with E-state index in [-0.39, 0.29) is 24.3 Å². The Morgan fingerprint density at radius 3 is 2.68 bits per heavy atom. The molecule has 1 N–H and O–H groups in total. The van der Waals surface area contributed by atoms with E-state index >= 15 is 0 Å². The third-order valence-corrected chi connectivity index (χ3v) is 5.72. The molecule has 1 saturated heterocycles. The van der Waals surface area contributed by atoms with E-state index in [0.29, 0.717) is 46.7 Å². The van der Waals surface area contributed by atoms with E-state index in [1.807, 2.05) is 6.92 Å². The molecule has 0 spiro atoms. The first-order valence-corrected chi connectivity index (χ1v) is 10.9. The first kappa shape index (κ1) is 24.0. The zero-order chi connectivity index (χ0) is 24.5. The minimum Gasteiger partial charge on any atom is -0.493 e. The summed E-state index contributed by atoms with van der Waals surface area (Å²) in [4.78, 5) is 8.81. The number of nitrogens with zero attached hydrogens (tertiary/aromatic N) is 2. The second-order valence-electron chi connectivity index (χ2n) is 8.14. The number of alkyl halides is 3. The normalized spacial score (nSPS) is 17.1. The molecule has 34 heavy (non-hydrogen) atoms. The minimum absolute atomic E-state index is 0.0313. The number of hydrogen-bond acceptors (Lipinski definition) is 6. The number of hydrogen-bond donors (Lipinski definition) is 1. The standard InChI is InChI=1S/C24H25F4N3O3/c1-13(19-8-5-9-33-19)34-21-10-16-18(11-20(21)32-3)30-14(2)31-23(16)29-12-15-6-4-7-17(22(15)25)24(26,27)28/h4,6-7,10-11,13,19H,5,8-9,12H2,1-3H3,(H,29,30,31)/t13?,19-/m0/s1. The van der Waals surface area contributed by atoms with Gasteiger partial charge in [-0.2, -0.15) is 13.2 Å². The Morgan fingerprint density at radius 2 is 2.00 bits per heavy atom. The van der Waals surface area contributed by atoms with Crippen LogP contribution in [0.5, 0.6) is 11.5 Å². The molecule has 0 saturated carbocycles. The highest BCUT2D eigenvalue weighted by Gasteiger charge is 2.34. The van der Waals surface area contributed by atoms with Crippen LogP contribution in [0, 0.1) is 12.7 Å². The molecule has 6 nitrogen and oxygen atoms in total. The smallest absolute Gasteiger partial charge is 0.419 e. The molecule has 0 bridgehead atoms. The molecule has 1 aromatic heterocycles. The summed E-state index contributed by atoms with van der Waals surface area (Å²) in [5, 5.41) is 3.52. The molecule has 1 aliphatic rings. The second kappa shape index (κ2) is 9.61. The van der Waals surface area contributed by atoms with Crippen LogP contribution in [0.2, 0.25) is 0 Å². The van der Waals surface area contributed by atoms with E-state index < -0.39 is 17.6 Å². The van der Waals surface area contributed by atoms with Crippen molar-refractivity contribution in [2.24, 2.45) is 0 Å². The van der Waals surface area contributed by atoms with Crippen LogP contribution in [0.25, 0.3) is 10.9 Å². The Balaban J connectivity index is 1.66. The molecule has 2 atom stereocenters. The number of benzene rings is 2. The van der Waals surface area contributed by atoms with Gasteiger partial charge in [-0.3, -0.25) is 0 Å². The van der Waals surface area contributed by atoms with Gasteiger partial charge in [0.15, 0.2) is 11.5 Å². The Morgan fingerprint density at radius 1 is 1.21 bits per heavy atom. The van der Waals surface area contributed by atoms with Crippen molar-refractivity contribution < 1.29 is 31.8 Å². The van der Waals surface area contributed by atoms with Gasteiger partial charge in [0.2, 0.25) is 0 Å². The van der Waals surface area contributed by atoms with Gasteiger partial charge in [0.1, 0.15) is 23.6 Å². The zero-order valence-electron chi connectivity index (χ0n) is 19.0. The summed E-state index contributed by atoms with van der Waals surface area (Å²) in [5.74, 6) is 0.400. The van der Waals surface area contributed by atoms with E-state index in [9.17, 15) is 17.6 Å². The summed E-state index contributed by atoms with van der Waals surface area (Å²) in [6.07, 6.45) is -3.16. The Labute approximate surface area is 194 Å². The highest BCUT2D eigenvalue weighted by atomic mass is 19.4. The highest BCUT2D eigenvalue weighted by Crippen LogP contribution is 2.36. The van der Waals surface area contributed by atoms with Crippen LogP contribution < -0.4 is 14.8 Å². The van der Waals surface area contributed by atoms with Crippen LogP contribution in [0.3, 0.4) is 0 Å². The number of nitrogens with one attached hydrogen (secondary N) is 1. The molecule has 182 valence electrons. The van der Waals surface area contributed by atoms with E-state index in [2.05, 4.69) is 15.3 Å². The van der Waals surface area contributed by atoms with Crippen LogP contribution >= 0.6 is 0 Å². The highest BCUT2D eigenvalue weighted by molar-refractivity contribution is 5.91. The van der Waals surface area contributed by atoms with Gasteiger partial charge in [-0.15, -0.1) is 0 Å². The predicted molar refractivity (Wildman–Crippen MR) is 119 cm³/mol. The SMILES string of the molecule is COc1cc2nc(C)nc(NCc3cccc(C(F)(F)F)c3F)c2cc1OC(C)[C@@H]1CCCO1. The fourth-order valence-corrected chi connectivity index (χ4v) is 4.00. The van der Waals surface area contributed by atoms with Crippen molar-refractivity contribution in [3.05, 3.63) is 53.1 Å². The van der Waals surface area contributed by atoms with E-state index in [4.69, 9.17) is 14.2 Å². The lowest BCUT2D eigenvalue weighted by Crippen LogP contribution is -2.28. The molecule has 2 aromatic carbocycles. The summed E-state index contributed by atoms with van der Waals surface area (Å²) in [7, 11) is 1.52. The first-order chi connectivity index (χ1) is 16.2. The van der Waals surface area contributed by atoms with Crippen molar-refractivity contribution >= 4 is 16.7 Å². The van der Waals surface area contributed by atoms with E-state index in [1.54, 1.807) is 19.1 Å². The fraction of sp³-hybridized carbons (Fsp3) is 0.417. The molecule has 1 fully saturated rings. The first-order valence-electron chi connectivity index (χ1n) is 10.9. The Hall–Kier alpha value is -3.14. The quantitative estimate of drug-likeness (QED) is 0.441. The van der Waals surface area contributed by atoms with Crippen molar-refractivity contribution in [3.8, 4) is 11.5 Å². The molecule has 1 unspecified atom stereocenters. The van der Waals surface area contributed by atoms with Crippen molar-refractivity contribution in [3.63, 3.8) is 0 Å². The van der Waals surface area contributed by atoms with Gasteiger partial charge in [0.05, 0.1) is 24.3 Å².